The maximum Gasteiger partial charge on any atom is 0.188 e. The van der Waals surface area contributed by atoms with E-state index in [2.05, 4.69) is 10.3 Å². The summed E-state index contributed by atoms with van der Waals surface area (Å²) in [4.78, 5) is 4.46. The number of hydrogen-bond acceptors (Lipinski definition) is 5. The number of fused-ring (bicyclic) bond motifs is 1. The molecule has 0 aliphatic carbocycles. The minimum atomic E-state index is 0.489. The summed E-state index contributed by atoms with van der Waals surface area (Å²) in [5.74, 6) is 0. The van der Waals surface area contributed by atoms with Crippen LogP contribution in [0.4, 0.5) is 16.5 Å². The van der Waals surface area contributed by atoms with Gasteiger partial charge in [0.15, 0.2) is 5.13 Å². The third kappa shape index (κ3) is 2.39. The SMILES string of the molecule is N#Cc1ccc(Nc2nc3ccc(N)cc3s2)c(Cl)c1. The highest BCUT2D eigenvalue weighted by Gasteiger charge is 2.07. The second-order valence-electron chi connectivity index (χ2n) is 4.18. The molecule has 20 heavy (non-hydrogen) atoms. The van der Waals surface area contributed by atoms with Gasteiger partial charge < -0.3 is 11.1 Å². The number of nitrogens with two attached hydrogens (primary N) is 1. The van der Waals surface area contributed by atoms with E-state index in [1.807, 2.05) is 24.3 Å². The van der Waals surface area contributed by atoms with Gasteiger partial charge in [-0.05, 0) is 36.4 Å². The molecule has 0 fully saturated rings. The Kier molecular flexibility index (Phi) is 3.18. The predicted molar refractivity (Wildman–Crippen MR) is 83.5 cm³/mol. The molecular formula is C14H9ClN4S. The van der Waals surface area contributed by atoms with Gasteiger partial charge >= 0.3 is 0 Å². The van der Waals surface area contributed by atoms with E-state index in [0.717, 1.165) is 21.0 Å². The van der Waals surface area contributed by atoms with Crippen molar-refractivity contribution in [2.24, 2.45) is 0 Å². The first-order chi connectivity index (χ1) is 9.65. The number of aromatic nitrogens is 1. The lowest BCUT2D eigenvalue weighted by atomic mass is 10.2. The minimum Gasteiger partial charge on any atom is -0.399 e. The Morgan fingerprint density at radius 2 is 2.10 bits per heavy atom. The van der Waals surface area contributed by atoms with Crippen molar-refractivity contribution in [3.05, 3.63) is 47.0 Å². The maximum atomic E-state index is 8.81. The molecule has 2 aromatic carbocycles. The van der Waals surface area contributed by atoms with Crippen molar-refractivity contribution in [1.82, 2.24) is 4.98 Å². The normalized spacial score (nSPS) is 10.4. The highest BCUT2D eigenvalue weighted by molar-refractivity contribution is 7.22. The molecule has 3 rings (SSSR count). The predicted octanol–water partition coefficient (Wildman–Crippen LogP) is 4.15. The second-order valence-corrected chi connectivity index (χ2v) is 5.62. The zero-order chi connectivity index (χ0) is 14.1. The average Bonchev–Trinajstić information content (AvgIpc) is 2.82. The van der Waals surface area contributed by atoms with Crippen LogP contribution in [0.5, 0.6) is 0 Å². The molecule has 0 bridgehead atoms. The van der Waals surface area contributed by atoms with Crippen molar-refractivity contribution >= 4 is 49.7 Å². The Morgan fingerprint density at radius 3 is 2.85 bits per heavy atom. The van der Waals surface area contributed by atoms with Crippen LogP contribution in [0.1, 0.15) is 5.56 Å². The van der Waals surface area contributed by atoms with Gasteiger partial charge in [0.25, 0.3) is 0 Å². The quantitative estimate of drug-likeness (QED) is 0.697. The second kappa shape index (κ2) is 5.00. The first kappa shape index (κ1) is 12.7. The Hall–Kier alpha value is -2.29. The molecule has 0 atom stereocenters. The van der Waals surface area contributed by atoms with Crippen LogP contribution in [0.15, 0.2) is 36.4 Å². The summed E-state index contributed by atoms with van der Waals surface area (Å²) >= 11 is 7.62. The number of thiazole rings is 1. The van der Waals surface area contributed by atoms with Crippen molar-refractivity contribution in [1.29, 1.82) is 5.26 Å². The molecule has 0 amide bonds. The fraction of sp³-hybridized carbons (Fsp3) is 0. The lowest BCUT2D eigenvalue weighted by Gasteiger charge is -2.04. The van der Waals surface area contributed by atoms with Crippen LogP contribution >= 0.6 is 22.9 Å². The third-order valence-corrected chi connectivity index (χ3v) is 4.00. The zero-order valence-corrected chi connectivity index (χ0v) is 11.8. The molecule has 0 aliphatic rings. The van der Waals surface area contributed by atoms with Gasteiger partial charge in [0.05, 0.1) is 32.6 Å². The van der Waals surface area contributed by atoms with E-state index in [9.17, 15) is 0 Å². The van der Waals surface area contributed by atoms with Gasteiger partial charge in [-0.25, -0.2) is 4.98 Å². The monoisotopic (exact) mass is 300 g/mol. The number of halogens is 1. The molecule has 0 spiro atoms. The topological polar surface area (TPSA) is 74.7 Å². The number of nitrogens with zero attached hydrogens (tertiary/aromatic N) is 2. The van der Waals surface area contributed by atoms with Crippen LogP contribution in [0.25, 0.3) is 10.2 Å². The fourth-order valence-corrected chi connectivity index (χ4v) is 2.95. The van der Waals surface area contributed by atoms with Crippen LogP contribution < -0.4 is 11.1 Å². The Balaban J connectivity index is 1.95. The first-order valence-corrected chi connectivity index (χ1v) is 6.98. The lowest BCUT2D eigenvalue weighted by molar-refractivity contribution is 1.43. The summed E-state index contributed by atoms with van der Waals surface area (Å²) in [6.07, 6.45) is 0. The molecule has 3 aromatic rings. The number of benzene rings is 2. The Morgan fingerprint density at radius 1 is 1.25 bits per heavy atom. The van der Waals surface area contributed by atoms with Gasteiger partial charge in [-0.15, -0.1) is 0 Å². The number of nitrogen functional groups attached to an aromatic ring is 1. The molecule has 6 heteroatoms. The third-order valence-electron chi connectivity index (χ3n) is 2.75. The summed E-state index contributed by atoms with van der Waals surface area (Å²) in [5, 5.41) is 13.2. The summed E-state index contributed by atoms with van der Waals surface area (Å²) < 4.78 is 1.01. The highest BCUT2D eigenvalue weighted by atomic mass is 35.5. The number of rotatable bonds is 2. The van der Waals surface area contributed by atoms with E-state index in [4.69, 9.17) is 22.6 Å². The summed E-state index contributed by atoms with van der Waals surface area (Å²) in [5.41, 5.74) is 8.59. The van der Waals surface area contributed by atoms with Gasteiger partial charge in [-0.2, -0.15) is 5.26 Å². The smallest absolute Gasteiger partial charge is 0.188 e. The molecule has 98 valence electrons. The summed E-state index contributed by atoms with van der Waals surface area (Å²) in [6.45, 7) is 0. The van der Waals surface area contributed by atoms with E-state index in [1.165, 1.54) is 11.3 Å². The van der Waals surface area contributed by atoms with Gasteiger partial charge in [-0.1, -0.05) is 22.9 Å². The van der Waals surface area contributed by atoms with Gasteiger partial charge in [0.2, 0.25) is 0 Å². The van der Waals surface area contributed by atoms with Gasteiger partial charge in [0, 0.05) is 5.69 Å². The summed E-state index contributed by atoms with van der Waals surface area (Å²) in [6, 6.07) is 12.7. The molecule has 0 aliphatic heterocycles. The fourth-order valence-electron chi connectivity index (χ4n) is 1.80. The van der Waals surface area contributed by atoms with E-state index < -0.39 is 0 Å². The number of nitriles is 1. The minimum absolute atomic E-state index is 0.489. The number of hydrogen-bond donors (Lipinski definition) is 2. The Bertz CT molecular complexity index is 835. The van der Waals surface area contributed by atoms with Crippen LogP contribution in [-0.2, 0) is 0 Å². The number of anilines is 3. The molecule has 1 aromatic heterocycles. The van der Waals surface area contributed by atoms with E-state index in [0.29, 0.717) is 16.3 Å². The highest BCUT2D eigenvalue weighted by Crippen LogP contribution is 2.32. The maximum absolute atomic E-state index is 8.81. The van der Waals surface area contributed by atoms with Crippen LogP contribution in [0, 0.1) is 11.3 Å². The molecule has 0 unspecified atom stereocenters. The standard InChI is InChI=1S/C14H9ClN4S/c15-10-5-8(7-16)1-3-11(10)18-14-19-12-4-2-9(17)6-13(12)20-14/h1-6H,17H2,(H,18,19). The molecule has 3 N–H and O–H groups in total. The Labute approximate surface area is 124 Å². The molecule has 1 heterocycles. The van der Waals surface area contributed by atoms with Gasteiger partial charge in [-0.3, -0.25) is 0 Å². The van der Waals surface area contributed by atoms with Crippen molar-refractivity contribution in [2.45, 2.75) is 0 Å². The van der Waals surface area contributed by atoms with Crippen molar-refractivity contribution in [3.8, 4) is 6.07 Å². The molecule has 0 saturated carbocycles. The van der Waals surface area contributed by atoms with Gasteiger partial charge in [0.1, 0.15) is 0 Å². The van der Waals surface area contributed by atoms with E-state index in [-0.39, 0.29) is 0 Å². The molecular weight excluding hydrogens is 292 g/mol. The molecule has 0 saturated heterocycles. The zero-order valence-electron chi connectivity index (χ0n) is 10.2. The van der Waals surface area contributed by atoms with Crippen LogP contribution in [-0.4, -0.2) is 4.98 Å². The summed E-state index contributed by atoms with van der Waals surface area (Å²) in [7, 11) is 0. The molecule has 4 nitrogen and oxygen atoms in total. The van der Waals surface area contributed by atoms with Crippen molar-refractivity contribution in [2.75, 3.05) is 11.1 Å². The van der Waals surface area contributed by atoms with Crippen LogP contribution in [0.2, 0.25) is 5.02 Å². The largest absolute Gasteiger partial charge is 0.399 e. The number of nitrogens with one attached hydrogen (secondary N) is 1. The molecule has 0 radical (unpaired) electrons. The van der Waals surface area contributed by atoms with Crippen molar-refractivity contribution in [3.63, 3.8) is 0 Å². The van der Waals surface area contributed by atoms with Crippen LogP contribution in [0.3, 0.4) is 0 Å². The van der Waals surface area contributed by atoms with E-state index in [1.54, 1.807) is 18.2 Å². The van der Waals surface area contributed by atoms with Crippen molar-refractivity contribution < 1.29 is 0 Å². The average molecular weight is 301 g/mol. The van der Waals surface area contributed by atoms with E-state index >= 15 is 0 Å². The lowest BCUT2D eigenvalue weighted by Crippen LogP contribution is -1.90. The first-order valence-electron chi connectivity index (χ1n) is 5.78.